The molecule has 0 saturated carbocycles. The fraction of sp³-hybridized carbons (Fsp3) is 0.600. The second-order valence-electron chi connectivity index (χ2n) is 13.1. The smallest absolute Gasteiger partial charge is 0.319 e. The Morgan fingerprint density at radius 2 is 0.853 bits per heavy atom. The van der Waals surface area contributed by atoms with Crippen LogP contribution in [0.25, 0.3) is 0 Å². The van der Waals surface area contributed by atoms with Crippen molar-refractivity contribution in [2.24, 2.45) is 0 Å². The lowest BCUT2D eigenvalue weighted by Crippen LogP contribution is -2.62. The standard InChI is InChI=1S/C30H44BClN2/c1-27(2)19-13-20-28(3,4)33(27)25-17-11-9-15-23(25)31(32)24-16-10-12-18-26(24)34-29(5,6)21-14-22-30(34,7)8/h9-12,15-18H,13-14,19-22H2,1-8H3. The molecule has 0 aromatic heterocycles. The van der Waals surface area contributed by atoms with Gasteiger partial charge in [0, 0.05) is 33.5 Å². The maximum absolute atomic E-state index is 7.50. The summed E-state index contributed by atoms with van der Waals surface area (Å²) in [6, 6.07) is 17.7. The minimum Gasteiger partial charge on any atom is -0.362 e. The average molecular weight is 479 g/mol. The Kier molecular flexibility index (Phi) is 6.60. The van der Waals surface area contributed by atoms with E-state index in [2.05, 4.69) is 114 Å². The highest BCUT2D eigenvalue weighted by Gasteiger charge is 2.45. The summed E-state index contributed by atoms with van der Waals surface area (Å²) < 4.78 is 0. The maximum atomic E-state index is 7.50. The summed E-state index contributed by atoms with van der Waals surface area (Å²) in [6.07, 6.45) is 7.12. The van der Waals surface area contributed by atoms with Gasteiger partial charge in [-0.2, -0.15) is 11.5 Å². The van der Waals surface area contributed by atoms with Crippen LogP contribution in [0.2, 0.25) is 0 Å². The quantitative estimate of drug-likeness (QED) is 0.431. The van der Waals surface area contributed by atoms with Crippen molar-refractivity contribution < 1.29 is 0 Å². The number of benzene rings is 2. The van der Waals surface area contributed by atoms with Crippen molar-refractivity contribution in [1.29, 1.82) is 0 Å². The van der Waals surface area contributed by atoms with E-state index in [9.17, 15) is 0 Å². The normalized spacial score (nSPS) is 23.0. The van der Waals surface area contributed by atoms with Crippen LogP contribution in [0.5, 0.6) is 0 Å². The molecular formula is C30H44BClN2. The first-order valence-corrected chi connectivity index (χ1v) is 13.6. The van der Waals surface area contributed by atoms with Crippen LogP contribution in [-0.4, -0.2) is 28.3 Å². The van der Waals surface area contributed by atoms with Gasteiger partial charge >= 0.3 is 6.13 Å². The van der Waals surface area contributed by atoms with Crippen LogP contribution in [0.15, 0.2) is 48.5 Å². The minimum absolute atomic E-state index is 0.0881. The van der Waals surface area contributed by atoms with Crippen LogP contribution in [-0.2, 0) is 0 Å². The molecule has 4 heteroatoms. The van der Waals surface area contributed by atoms with Gasteiger partial charge in [-0.25, -0.2) is 0 Å². The van der Waals surface area contributed by atoms with E-state index >= 15 is 0 Å². The van der Waals surface area contributed by atoms with Crippen LogP contribution < -0.4 is 20.7 Å². The molecule has 0 bridgehead atoms. The third-order valence-corrected chi connectivity index (χ3v) is 8.95. The zero-order valence-electron chi connectivity index (χ0n) is 22.7. The van der Waals surface area contributed by atoms with Gasteiger partial charge < -0.3 is 9.80 Å². The van der Waals surface area contributed by atoms with Crippen LogP contribution in [0, 0.1) is 0 Å². The van der Waals surface area contributed by atoms with E-state index in [-0.39, 0.29) is 28.3 Å². The Balaban J connectivity index is 1.84. The Morgan fingerprint density at radius 3 is 1.18 bits per heavy atom. The maximum Gasteiger partial charge on any atom is 0.319 e. The fourth-order valence-corrected chi connectivity index (χ4v) is 7.64. The average Bonchev–Trinajstić information content (AvgIpc) is 2.71. The molecule has 2 aromatic rings. The molecule has 2 heterocycles. The molecule has 184 valence electrons. The summed E-state index contributed by atoms with van der Waals surface area (Å²) in [4.78, 5) is 5.32. The summed E-state index contributed by atoms with van der Waals surface area (Å²) >= 11 is 7.50. The van der Waals surface area contributed by atoms with Crippen molar-refractivity contribution in [3.8, 4) is 0 Å². The second kappa shape index (κ2) is 8.80. The summed E-state index contributed by atoms with van der Waals surface area (Å²) in [5.41, 5.74) is 5.35. The van der Waals surface area contributed by atoms with Crippen LogP contribution in [0.3, 0.4) is 0 Å². The Labute approximate surface area is 214 Å². The van der Waals surface area contributed by atoms with Gasteiger partial charge in [0.15, 0.2) is 0 Å². The lowest BCUT2D eigenvalue weighted by Gasteiger charge is -2.56. The number of para-hydroxylation sites is 2. The molecule has 0 unspecified atom stereocenters. The molecule has 0 atom stereocenters. The van der Waals surface area contributed by atoms with Gasteiger partial charge in [-0.05, 0) is 117 Å². The highest BCUT2D eigenvalue weighted by atomic mass is 35.5. The lowest BCUT2D eigenvalue weighted by atomic mass is 9.59. The number of piperidine rings is 2. The van der Waals surface area contributed by atoms with Crippen molar-refractivity contribution in [3.05, 3.63) is 48.5 Å². The highest BCUT2D eigenvalue weighted by Crippen LogP contribution is 2.43. The lowest BCUT2D eigenvalue weighted by molar-refractivity contribution is 0.244. The molecule has 2 aromatic carbocycles. The molecule has 2 aliphatic heterocycles. The first kappa shape index (κ1) is 25.5. The molecule has 0 spiro atoms. The Bertz CT molecular complexity index is 912. The van der Waals surface area contributed by atoms with Gasteiger partial charge in [0.2, 0.25) is 0 Å². The highest BCUT2D eigenvalue weighted by molar-refractivity contribution is 7.22. The van der Waals surface area contributed by atoms with E-state index in [0.29, 0.717) is 0 Å². The van der Waals surface area contributed by atoms with Gasteiger partial charge in [-0.1, -0.05) is 36.4 Å². The van der Waals surface area contributed by atoms with E-state index in [4.69, 9.17) is 11.5 Å². The predicted octanol–water partition coefficient (Wildman–Crippen LogP) is 7.13. The van der Waals surface area contributed by atoms with E-state index < -0.39 is 0 Å². The van der Waals surface area contributed by atoms with Crippen molar-refractivity contribution in [1.82, 2.24) is 0 Å². The SMILES string of the molecule is CC1(C)CCCC(C)(C)N1c1ccccc1B(Cl)c1ccccc1N1C(C)(C)CCCC1(C)C. The summed E-state index contributed by atoms with van der Waals surface area (Å²) in [7, 11) is 0. The number of hydrogen-bond acceptors (Lipinski definition) is 2. The molecule has 34 heavy (non-hydrogen) atoms. The molecule has 2 aliphatic rings. The zero-order chi connectivity index (χ0) is 24.9. The van der Waals surface area contributed by atoms with Crippen LogP contribution in [0.4, 0.5) is 11.4 Å². The summed E-state index contributed by atoms with van der Waals surface area (Å²) in [5.74, 6) is 0. The topological polar surface area (TPSA) is 6.48 Å². The molecular weight excluding hydrogens is 435 g/mol. The van der Waals surface area contributed by atoms with Crippen LogP contribution >= 0.6 is 11.5 Å². The van der Waals surface area contributed by atoms with Gasteiger partial charge in [0.05, 0.1) is 0 Å². The van der Waals surface area contributed by atoms with Gasteiger partial charge in [-0.15, -0.1) is 0 Å². The Hall–Kier alpha value is -1.61. The molecule has 2 fully saturated rings. The minimum atomic E-state index is -0.213. The van der Waals surface area contributed by atoms with Gasteiger partial charge in [0.25, 0.3) is 0 Å². The van der Waals surface area contributed by atoms with Crippen LogP contribution in [0.1, 0.15) is 93.9 Å². The van der Waals surface area contributed by atoms with E-state index in [0.717, 1.165) is 0 Å². The summed E-state index contributed by atoms with van der Waals surface area (Å²) in [6.45, 7) is 19.1. The summed E-state index contributed by atoms with van der Waals surface area (Å²) in [5, 5.41) is 0. The van der Waals surface area contributed by atoms with Crippen molar-refractivity contribution in [2.45, 2.75) is 116 Å². The molecule has 0 aliphatic carbocycles. The van der Waals surface area contributed by atoms with Crippen molar-refractivity contribution in [3.63, 3.8) is 0 Å². The largest absolute Gasteiger partial charge is 0.362 e. The fourth-order valence-electron chi connectivity index (χ4n) is 7.28. The monoisotopic (exact) mass is 478 g/mol. The number of hydrogen-bond donors (Lipinski definition) is 0. The molecule has 4 rings (SSSR count). The van der Waals surface area contributed by atoms with E-state index in [1.54, 1.807) is 0 Å². The zero-order valence-corrected chi connectivity index (χ0v) is 23.5. The molecule has 0 N–H and O–H groups in total. The predicted molar refractivity (Wildman–Crippen MR) is 153 cm³/mol. The van der Waals surface area contributed by atoms with Crippen molar-refractivity contribution >= 4 is 39.9 Å². The second-order valence-corrected chi connectivity index (χ2v) is 13.5. The third kappa shape index (κ3) is 4.50. The third-order valence-electron chi connectivity index (χ3n) is 8.48. The van der Waals surface area contributed by atoms with Gasteiger partial charge in [0.1, 0.15) is 0 Å². The number of rotatable bonds is 4. The van der Waals surface area contributed by atoms with E-state index in [1.165, 1.54) is 60.8 Å². The molecule has 2 saturated heterocycles. The molecule has 0 radical (unpaired) electrons. The number of anilines is 2. The number of halogens is 1. The van der Waals surface area contributed by atoms with E-state index in [1.807, 2.05) is 0 Å². The van der Waals surface area contributed by atoms with Crippen molar-refractivity contribution in [2.75, 3.05) is 9.80 Å². The molecule has 2 nitrogen and oxygen atoms in total. The Morgan fingerprint density at radius 1 is 0.559 bits per heavy atom. The van der Waals surface area contributed by atoms with Gasteiger partial charge in [-0.3, -0.25) is 0 Å². The number of nitrogens with zero attached hydrogens (tertiary/aromatic N) is 2. The first-order valence-electron chi connectivity index (χ1n) is 13.2. The first-order chi connectivity index (χ1) is 15.8. The molecule has 0 amide bonds.